The van der Waals surface area contributed by atoms with Crippen LogP contribution in [0.3, 0.4) is 0 Å². The monoisotopic (exact) mass is 379 g/mol. The van der Waals surface area contributed by atoms with Gasteiger partial charge in [-0.1, -0.05) is 20.8 Å². The van der Waals surface area contributed by atoms with Gasteiger partial charge in [-0.05, 0) is 25.8 Å². The number of thiazole rings is 1. The van der Waals surface area contributed by atoms with E-state index in [-0.39, 0.29) is 36.1 Å². The molecule has 0 aromatic carbocycles. The van der Waals surface area contributed by atoms with Gasteiger partial charge in [-0.25, -0.2) is 4.98 Å². The zero-order chi connectivity index (χ0) is 15.0. The number of aromatic nitrogens is 1. The number of hydrogen-bond acceptors (Lipinski definition) is 4. The Kier molecular flexibility index (Phi) is 7.33. The van der Waals surface area contributed by atoms with Crippen LogP contribution < -0.4 is 5.32 Å². The Hall–Kier alpha value is -0.360. The van der Waals surface area contributed by atoms with Crippen LogP contribution in [0.25, 0.3) is 0 Å². The number of nitrogens with one attached hydrogen (secondary N) is 1. The molecule has 0 spiro atoms. The Morgan fingerprint density at radius 3 is 2.65 bits per heavy atom. The van der Waals surface area contributed by atoms with E-state index in [0.29, 0.717) is 18.5 Å². The minimum Gasteiger partial charge on any atom is -0.335 e. The number of hydrogen-bond donors (Lipinski definition) is 1. The van der Waals surface area contributed by atoms with Gasteiger partial charge in [0.1, 0.15) is 0 Å². The van der Waals surface area contributed by atoms with Crippen LogP contribution >= 0.6 is 36.2 Å². The maximum atomic E-state index is 12.7. The molecule has 4 nitrogen and oxygen atoms in total. The first-order valence-electron chi connectivity index (χ1n) is 7.92. The first-order valence-corrected chi connectivity index (χ1v) is 8.80. The lowest BCUT2D eigenvalue weighted by Crippen LogP contribution is -2.43. The van der Waals surface area contributed by atoms with Crippen molar-refractivity contribution in [2.75, 3.05) is 13.1 Å². The van der Waals surface area contributed by atoms with Crippen molar-refractivity contribution in [1.82, 2.24) is 15.2 Å². The summed E-state index contributed by atoms with van der Waals surface area (Å²) in [6, 6.07) is 0.837. The summed E-state index contributed by atoms with van der Waals surface area (Å²) in [7, 11) is 0. The number of amides is 1. The van der Waals surface area contributed by atoms with E-state index in [2.05, 4.69) is 41.4 Å². The Morgan fingerprint density at radius 2 is 2.00 bits per heavy atom. The van der Waals surface area contributed by atoms with E-state index < -0.39 is 0 Å². The van der Waals surface area contributed by atoms with Gasteiger partial charge in [-0.15, -0.1) is 36.2 Å². The molecule has 0 radical (unpaired) electrons. The second-order valence-electron chi connectivity index (χ2n) is 7.25. The first kappa shape index (κ1) is 20.7. The molecule has 0 aliphatic carbocycles. The van der Waals surface area contributed by atoms with Crippen molar-refractivity contribution >= 4 is 42.1 Å². The van der Waals surface area contributed by atoms with E-state index >= 15 is 0 Å². The number of carbonyl (C=O) groups excluding carboxylic acids is 1. The van der Waals surface area contributed by atoms with Gasteiger partial charge in [-0.3, -0.25) is 4.79 Å². The van der Waals surface area contributed by atoms with Crippen LogP contribution in [0.5, 0.6) is 0 Å². The number of halogens is 2. The largest absolute Gasteiger partial charge is 0.335 e. The third kappa shape index (κ3) is 4.59. The van der Waals surface area contributed by atoms with Gasteiger partial charge in [-0.2, -0.15) is 0 Å². The highest BCUT2D eigenvalue weighted by molar-refractivity contribution is 7.09. The summed E-state index contributed by atoms with van der Waals surface area (Å²) in [4.78, 5) is 19.5. The van der Waals surface area contributed by atoms with Crippen LogP contribution in [0.1, 0.15) is 50.7 Å². The van der Waals surface area contributed by atoms with Gasteiger partial charge in [0, 0.05) is 29.4 Å². The molecular formula is C16H27Cl2N3OS. The van der Waals surface area contributed by atoms with Crippen LogP contribution in [0.2, 0.25) is 0 Å². The summed E-state index contributed by atoms with van der Waals surface area (Å²) < 4.78 is 0. The molecule has 3 heterocycles. The summed E-state index contributed by atoms with van der Waals surface area (Å²) in [6.45, 7) is 8.48. The molecule has 1 N–H and O–H groups in total. The van der Waals surface area contributed by atoms with Crippen LogP contribution in [0.4, 0.5) is 0 Å². The van der Waals surface area contributed by atoms with Crippen molar-refractivity contribution in [2.45, 2.75) is 64.0 Å². The molecule has 132 valence electrons. The zero-order valence-electron chi connectivity index (χ0n) is 14.0. The third-order valence-corrected chi connectivity index (χ3v) is 5.78. The van der Waals surface area contributed by atoms with Crippen molar-refractivity contribution < 1.29 is 4.79 Å². The number of carbonyl (C=O) groups is 1. The quantitative estimate of drug-likeness (QED) is 0.857. The van der Waals surface area contributed by atoms with Crippen molar-refractivity contribution in [3.63, 3.8) is 0 Å². The maximum Gasteiger partial charge on any atom is 0.229 e. The molecule has 7 heteroatoms. The highest BCUT2D eigenvalue weighted by Gasteiger charge is 2.37. The lowest BCUT2D eigenvalue weighted by molar-refractivity contribution is -0.133. The summed E-state index contributed by atoms with van der Waals surface area (Å²) >= 11 is 1.67. The van der Waals surface area contributed by atoms with Crippen LogP contribution in [0.15, 0.2) is 5.38 Å². The Labute approximate surface area is 155 Å². The Bertz CT molecular complexity index is 516. The normalized spacial score (nSPS) is 23.7. The lowest BCUT2D eigenvalue weighted by atomic mass is 9.98. The van der Waals surface area contributed by atoms with Gasteiger partial charge in [0.05, 0.1) is 17.1 Å². The fraction of sp³-hybridized carbons (Fsp3) is 0.750. The molecular weight excluding hydrogens is 353 g/mol. The van der Waals surface area contributed by atoms with E-state index in [1.54, 1.807) is 11.3 Å². The van der Waals surface area contributed by atoms with Gasteiger partial charge in [0.25, 0.3) is 0 Å². The summed E-state index contributed by atoms with van der Waals surface area (Å²) in [5.74, 6) is 0.261. The highest BCUT2D eigenvalue weighted by Crippen LogP contribution is 2.30. The number of rotatable bonds is 2. The predicted molar refractivity (Wildman–Crippen MR) is 100 cm³/mol. The van der Waals surface area contributed by atoms with Crippen LogP contribution in [-0.4, -0.2) is 41.0 Å². The lowest BCUT2D eigenvalue weighted by Gasteiger charge is -2.27. The number of fused-ring (bicyclic) bond motifs is 2. The second kappa shape index (κ2) is 8.15. The molecule has 1 aromatic rings. The summed E-state index contributed by atoms with van der Waals surface area (Å²) in [5.41, 5.74) is 1.00. The van der Waals surface area contributed by atoms with Crippen molar-refractivity contribution in [3.05, 3.63) is 16.1 Å². The molecule has 2 saturated heterocycles. The molecule has 1 aromatic heterocycles. The van der Waals surface area contributed by atoms with Gasteiger partial charge < -0.3 is 10.2 Å². The molecule has 2 atom stereocenters. The molecule has 3 rings (SSSR count). The summed E-state index contributed by atoms with van der Waals surface area (Å²) in [5, 5.41) is 6.61. The Balaban J connectivity index is 0.00000132. The average molecular weight is 380 g/mol. The smallest absolute Gasteiger partial charge is 0.229 e. The molecule has 2 aliphatic rings. The fourth-order valence-corrected chi connectivity index (χ4v) is 4.28. The first-order chi connectivity index (χ1) is 9.95. The molecule has 2 unspecified atom stereocenters. The van der Waals surface area contributed by atoms with E-state index in [0.717, 1.165) is 36.6 Å². The van der Waals surface area contributed by atoms with Crippen molar-refractivity contribution in [3.8, 4) is 0 Å². The third-order valence-electron chi connectivity index (χ3n) is 4.47. The van der Waals surface area contributed by atoms with Gasteiger partial charge in [0.15, 0.2) is 0 Å². The second-order valence-corrected chi connectivity index (χ2v) is 8.11. The van der Waals surface area contributed by atoms with Gasteiger partial charge in [0.2, 0.25) is 5.91 Å². The van der Waals surface area contributed by atoms with E-state index in [1.807, 2.05) is 0 Å². The highest BCUT2D eigenvalue weighted by atomic mass is 35.5. The predicted octanol–water partition coefficient (Wildman–Crippen LogP) is 3.18. The van der Waals surface area contributed by atoms with Crippen LogP contribution in [0, 0.1) is 0 Å². The standard InChI is InChI=1S/C16H25N3OS.2ClH/c1-16(2,3)15-18-11(10-21-15)8-14(20)19-12-4-5-13(19)9-17-7-6-12;;/h10,12-13,17H,4-9H2,1-3H3;2*1H. The molecule has 2 fully saturated rings. The SMILES string of the molecule is CC(C)(C)c1nc(CC(=O)N2C3CCNCC2CC3)cs1.Cl.Cl. The summed E-state index contributed by atoms with van der Waals surface area (Å²) in [6.07, 6.45) is 3.86. The van der Waals surface area contributed by atoms with Crippen molar-refractivity contribution in [1.29, 1.82) is 0 Å². The molecule has 2 aliphatic heterocycles. The van der Waals surface area contributed by atoms with Gasteiger partial charge >= 0.3 is 0 Å². The Morgan fingerprint density at radius 1 is 1.30 bits per heavy atom. The van der Waals surface area contributed by atoms with Crippen molar-refractivity contribution in [2.24, 2.45) is 0 Å². The zero-order valence-corrected chi connectivity index (χ0v) is 16.5. The van der Waals surface area contributed by atoms with E-state index in [1.165, 1.54) is 6.42 Å². The van der Waals surface area contributed by atoms with E-state index in [9.17, 15) is 4.79 Å². The average Bonchev–Trinajstić information content (AvgIpc) is 2.92. The minimum atomic E-state index is 0. The van der Waals surface area contributed by atoms with Crippen LogP contribution in [-0.2, 0) is 16.6 Å². The molecule has 1 amide bonds. The fourth-order valence-electron chi connectivity index (χ4n) is 3.37. The molecule has 0 saturated carbocycles. The molecule has 23 heavy (non-hydrogen) atoms. The minimum absolute atomic E-state index is 0. The molecule has 2 bridgehead atoms. The number of nitrogens with zero attached hydrogens (tertiary/aromatic N) is 2. The van der Waals surface area contributed by atoms with E-state index in [4.69, 9.17) is 0 Å². The topological polar surface area (TPSA) is 45.2 Å². The maximum absolute atomic E-state index is 12.7.